The Hall–Kier alpha value is -0.970. The molecule has 3 rings (SSSR count). The van der Waals surface area contributed by atoms with E-state index in [0.29, 0.717) is 13.2 Å². The van der Waals surface area contributed by atoms with Gasteiger partial charge in [0.05, 0.1) is 13.2 Å². The molecule has 4 heteroatoms. The van der Waals surface area contributed by atoms with Gasteiger partial charge in [-0.25, -0.2) is 4.39 Å². The molecule has 0 aromatic heterocycles. The van der Waals surface area contributed by atoms with Crippen molar-refractivity contribution in [2.45, 2.75) is 18.4 Å². The molecule has 4 atom stereocenters. The third kappa shape index (κ3) is 1.76. The topological polar surface area (TPSA) is 32.7 Å². The lowest BCUT2D eigenvalue weighted by molar-refractivity contribution is 0.0273. The molecule has 2 aliphatic heterocycles. The van der Waals surface area contributed by atoms with Crippen LogP contribution in [0.25, 0.3) is 0 Å². The van der Waals surface area contributed by atoms with Crippen LogP contribution in [-0.4, -0.2) is 42.0 Å². The summed E-state index contributed by atoms with van der Waals surface area (Å²) in [7, 11) is 0. The van der Waals surface area contributed by atoms with Crippen molar-refractivity contribution in [2.24, 2.45) is 5.92 Å². The van der Waals surface area contributed by atoms with E-state index in [4.69, 9.17) is 4.74 Å². The van der Waals surface area contributed by atoms with Gasteiger partial charge in [0, 0.05) is 18.5 Å². The molecule has 2 heterocycles. The lowest BCUT2D eigenvalue weighted by Crippen LogP contribution is -2.31. The predicted molar refractivity (Wildman–Crippen MR) is 61.1 cm³/mol. The highest BCUT2D eigenvalue weighted by molar-refractivity contribution is 5.19. The van der Waals surface area contributed by atoms with Crippen LogP contribution in [0.5, 0.6) is 0 Å². The number of hydrogen-bond acceptors (Lipinski definition) is 3. The molecule has 2 saturated heterocycles. The van der Waals surface area contributed by atoms with E-state index in [1.165, 1.54) is 0 Å². The first-order chi connectivity index (χ1) is 8.31. The van der Waals surface area contributed by atoms with E-state index in [9.17, 15) is 9.50 Å². The van der Waals surface area contributed by atoms with Gasteiger partial charge in [-0.1, -0.05) is 30.3 Å². The fraction of sp³-hybridized carbons (Fsp3) is 0.538. The summed E-state index contributed by atoms with van der Waals surface area (Å²) in [6, 6.07) is 9.87. The number of alkyl halides is 1. The Morgan fingerprint density at radius 1 is 1.35 bits per heavy atom. The van der Waals surface area contributed by atoms with Gasteiger partial charge in [0.25, 0.3) is 0 Å². The van der Waals surface area contributed by atoms with Crippen molar-refractivity contribution in [3.8, 4) is 0 Å². The van der Waals surface area contributed by atoms with Crippen molar-refractivity contribution < 1.29 is 14.2 Å². The second-order valence-corrected chi connectivity index (χ2v) is 4.72. The van der Waals surface area contributed by atoms with Crippen LogP contribution in [0, 0.1) is 5.92 Å². The molecular formula is C13H16FNO2. The zero-order valence-electron chi connectivity index (χ0n) is 9.50. The van der Waals surface area contributed by atoms with Gasteiger partial charge in [-0.2, -0.15) is 0 Å². The largest absolute Gasteiger partial charge is 0.396 e. The average molecular weight is 237 g/mol. The van der Waals surface area contributed by atoms with E-state index < -0.39 is 6.17 Å². The van der Waals surface area contributed by atoms with Crippen LogP contribution in [0.3, 0.4) is 0 Å². The molecular weight excluding hydrogens is 221 g/mol. The maximum atomic E-state index is 13.7. The van der Waals surface area contributed by atoms with Crippen molar-refractivity contribution in [2.75, 3.05) is 19.8 Å². The molecule has 92 valence electrons. The van der Waals surface area contributed by atoms with Crippen LogP contribution >= 0.6 is 0 Å². The summed E-state index contributed by atoms with van der Waals surface area (Å²) in [6.45, 7) is 0.758. The molecule has 1 aromatic carbocycles. The molecule has 17 heavy (non-hydrogen) atoms. The van der Waals surface area contributed by atoms with Crippen molar-refractivity contribution in [1.82, 2.24) is 4.90 Å². The van der Waals surface area contributed by atoms with Gasteiger partial charge in [-0.05, 0) is 5.56 Å². The molecule has 0 spiro atoms. The fourth-order valence-corrected chi connectivity index (χ4v) is 2.88. The van der Waals surface area contributed by atoms with Crippen LogP contribution in [0.2, 0.25) is 0 Å². The minimum absolute atomic E-state index is 0.0141. The van der Waals surface area contributed by atoms with Gasteiger partial charge < -0.3 is 9.84 Å². The SMILES string of the molecule is OC[C@H]1C(F)CN2[C@@H](c3ccccc3)OC[C@H]12. The number of ether oxygens (including phenoxy) is 1. The van der Waals surface area contributed by atoms with Crippen molar-refractivity contribution in [3.05, 3.63) is 35.9 Å². The Labute approximate surface area is 99.8 Å². The number of nitrogens with zero attached hydrogens (tertiary/aromatic N) is 1. The molecule has 0 aliphatic carbocycles. The van der Waals surface area contributed by atoms with E-state index >= 15 is 0 Å². The van der Waals surface area contributed by atoms with Crippen LogP contribution in [0.1, 0.15) is 11.8 Å². The summed E-state index contributed by atoms with van der Waals surface area (Å²) in [5, 5.41) is 9.22. The molecule has 0 saturated carbocycles. The first kappa shape index (κ1) is 11.1. The monoisotopic (exact) mass is 237 g/mol. The third-order valence-corrected chi connectivity index (χ3v) is 3.79. The molecule has 0 bridgehead atoms. The highest BCUT2D eigenvalue weighted by Crippen LogP contribution is 2.40. The highest BCUT2D eigenvalue weighted by atomic mass is 19.1. The number of aliphatic hydroxyl groups is 1. The predicted octanol–water partition coefficient (Wildman–Crippen LogP) is 1.35. The van der Waals surface area contributed by atoms with Crippen LogP contribution < -0.4 is 0 Å². The number of rotatable bonds is 2. The minimum Gasteiger partial charge on any atom is -0.396 e. The summed E-state index contributed by atoms with van der Waals surface area (Å²) < 4.78 is 19.5. The molecule has 0 radical (unpaired) electrons. The van der Waals surface area contributed by atoms with Crippen molar-refractivity contribution >= 4 is 0 Å². The van der Waals surface area contributed by atoms with Gasteiger partial charge in [-0.3, -0.25) is 4.90 Å². The van der Waals surface area contributed by atoms with Crippen molar-refractivity contribution in [3.63, 3.8) is 0 Å². The Morgan fingerprint density at radius 3 is 2.82 bits per heavy atom. The molecule has 1 unspecified atom stereocenters. The second-order valence-electron chi connectivity index (χ2n) is 4.72. The Morgan fingerprint density at radius 2 is 2.12 bits per heavy atom. The Balaban J connectivity index is 1.83. The van der Waals surface area contributed by atoms with E-state index in [2.05, 4.69) is 0 Å². The van der Waals surface area contributed by atoms with Gasteiger partial charge in [0.2, 0.25) is 0 Å². The number of aliphatic hydroxyl groups excluding tert-OH is 1. The second kappa shape index (κ2) is 4.37. The lowest BCUT2D eigenvalue weighted by Gasteiger charge is -2.22. The number of benzene rings is 1. The maximum Gasteiger partial charge on any atom is 0.137 e. The van der Waals surface area contributed by atoms with Crippen LogP contribution in [0.15, 0.2) is 30.3 Å². The van der Waals surface area contributed by atoms with Gasteiger partial charge in [0.1, 0.15) is 12.4 Å². The zero-order valence-corrected chi connectivity index (χ0v) is 9.50. The highest BCUT2D eigenvalue weighted by Gasteiger charge is 2.49. The first-order valence-corrected chi connectivity index (χ1v) is 5.98. The average Bonchev–Trinajstić information content (AvgIpc) is 2.87. The van der Waals surface area contributed by atoms with Crippen LogP contribution in [0.4, 0.5) is 4.39 Å². The lowest BCUT2D eigenvalue weighted by atomic mass is 10.0. The fourth-order valence-electron chi connectivity index (χ4n) is 2.88. The van der Waals surface area contributed by atoms with Crippen LogP contribution in [-0.2, 0) is 4.74 Å². The summed E-state index contributed by atoms with van der Waals surface area (Å²) in [5.41, 5.74) is 1.06. The maximum absolute atomic E-state index is 13.7. The normalized spacial score (nSPS) is 37.3. The zero-order chi connectivity index (χ0) is 11.8. The molecule has 3 nitrogen and oxygen atoms in total. The van der Waals surface area contributed by atoms with Gasteiger partial charge in [-0.15, -0.1) is 0 Å². The molecule has 0 amide bonds. The van der Waals surface area contributed by atoms with Crippen molar-refractivity contribution in [1.29, 1.82) is 0 Å². The smallest absolute Gasteiger partial charge is 0.137 e. The van der Waals surface area contributed by atoms with E-state index in [0.717, 1.165) is 5.56 Å². The summed E-state index contributed by atoms with van der Waals surface area (Å²) in [6.07, 6.45) is -1.10. The number of halogens is 1. The number of fused-ring (bicyclic) bond motifs is 1. The minimum atomic E-state index is -0.944. The van der Waals surface area contributed by atoms with E-state index in [-0.39, 0.29) is 24.8 Å². The summed E-state index contributed by atoms with van der Waals surface area (Å²) >= 11 is 0. The number of hydrogen-bond donors (Lipinski definition) is 1. The van der Waals surface area contributed by atoms with Gasteiger partial charge in [0.15, 0.2) is 0 Å². The molecule has 1 N–H and O–H groups in total. The van der Waals surface area contributed by atoms with E-state index in [1.54, 1.807) is 0 Å². The molecule has 1 aromatic rings. The molecule has 2 aliphatic rings. The van der Waals surface area contributed by atoms with E-state index in [1.807, 2.05) is 35.2 Å². The summed E-state index contributed by atoms with van der Waals surface area (Å²) in [5.74, 6) is -0.302. The van der Waals surface area contributed by atoms with Gasteiger partial charge >= 0.3 is 0 Å². The standard InChI is InChI=1S/C13H16FNO2/c14-11-6-15-12(10(11)7-16)8-17-13(15)9-4-2-1-3-5-9/h1-5,10-13,16H,6-8H2/t10-,11?,12+,13+/m0/s1. The quantitative estimate of drug-likeness (QED) is 0.842. The Bertz CT molecular complexity index is 386. The Kier molecular flexibility index (Phi) is 2.86. The summed E-state index contributed by atoms with van der Waals surface area (Å²) in [4.78, 5) is 2.03. The first-order valence-electron chi connectivity index (χ1n) is 5.98. The third-order valence-electron chi connectivity index (χ3n) is 3.79. The molecule has 2 fully saturated rings.